The number of carboxylic acid groups (broad SMARTS) is 1. The van der Waals surface area contributed by atoms with E-state index in [1.807, 2.05) is 0 Å². The molecule has 21 heavy (non-hydrogen) atoms. The summed E-state index contributed by atoms with van der Waals surface area (Å²) in [5, 5.41) is 11.5. The van der Waals surface area contributed by atoms with Crippen LogP contribution in [0.4, 0.5) is 19.3 Å². The second kappa shape index (κ2) is 5.97. The van der Waals surface area contributed by atoms with E-state index in [0.717, 1.165) is 6.07 Å². The summed E-state index contributed by atoms with van der Waals surface area (Å²) in [6.45, 7) is 1.92. The Kier molecular flexibility index (Phi) is 4.46. The Hall–Kier alpha value is -1.70. The van der Waals surface area contributed by atoms with Crippen molar-refractivity contribution in [2.75, 3.05) is 11.9 Å². The Bertz CT molecular complexity index is 574. The van der Waals surface area contributed by atoms with Gasteiger partial charge in [0.2, 0.25) is 5.91 Å². The van der Waals surface area contributed by atoms with Gasteiger partial charge in [0.05, 0.1) is 10.4 Å². The minimum atomic E-state index is -1.08. The summed E-state index contributed by atoms with van der Waals surface area (Å²) in [4.78, 5) is 24.3. The van der Waals surface area contributed by atoms with E-state index in [1.165, 1.54) is 11.0 Å². The normalized spacial score (nSPS) is 21.4. The van der Waals surface area contributed by atoms with E-state index in [1.54, 1.807) is 6.92 Å². The summed E-state index contributed by atoms with van der Waals surface area (Å²) >= 11 is 2.86. The van der Waals surface area contributed by atoms with Crippen molar-refractivity contribution in [3.63, 3.8) is 0 Å². The topological polar surface area (TPSA) is 69.6 Å². The highest BCUT2D eigenvalue weighted by molar-refractivity contribution is 9.10. The molecule has 0 unspecified atom stereocenters. The monoisotopic (exact) mass is 362 g/mol. The van der Waals surface area contributed by atoms with Crippen molar-refractivity contribution in [3.8, 4) is 0 Å². The highest BCUT2D eigenvalue weighted by Crippen LogP contribution is 2.27. The van der Waals surface area contributed by atoms with Gasteiger partial charge in [-0.2, -0.15) is 0 Å². The van der Waals surface area contributed by atoms with Gasteiger partial charge in [0.1, 0.15) is 0 Å². The molecule has 1 aromatic carbocycles. The van der Waals surface area contributed by atoms with Crippen LogP contribution in [0.1, 0.15) is 13.3 Å². The predicted molar refractivity (Wildman–Crippen MR) is 75.0 cm³/mol. The van der Waals surface area contributed by atoms with Crippen LogP contribution in [0.2, 0.25) is 0 Å². The van der Waals surface area contributed by atoms with Gasteiger partial charge in [-0.3, -0.25) is 4.79 Å². The number of amides is 2. The Morgan fingerprint density at radius 1 is 1.43 bits per heavy atom. The van der Waals surface area contributed by atoms with Crippen LogP contribution >= 0.6 is 15.9 Å². The van der Waals surface area contributed by atoms with Crippen LogP contribution in [0, 0.1) is 17.6 Å². The maximum absolute atomic E-state index is 13.3. The molecule has 1 aromatic rings. The van der Waals surface area contributed by atoms with Gasteiger partial charge < -0.3 is 15.3 Å². The Morgan fingerprint density at radius 3 is 2.62 bits per heavy atom. The molecule has 0 aromatic heterocycles. The fraction of sp³-hybridized carbons (Fsp3) is 0.385. The number of rotatable bonds is 2. The van der Waals surface area contributed by atoms with E-state index < -0.39 is 35.6 Å². The lowest BCUT2D eigenvalue weighted by Crippen LogP contribution is -2.38. The number of carbonyl (C=O) groups excluding carboxylic acids is 1. The average molecular weight is 363 g/mol. The van der Waals surface area contributed by atoms with E-state index in [-0.39, 0.29) is 16.7 Å². The third kappa shape index (κ3) is 3.15. The Balaban J connectivity index is 2.11. The lowest BCUT2D eigenvalue weighted by Gasteiger charge is -2.21. The number of nitrogens with zero attached hydrogens (tertiary/aromatic N) is 1. The number of anilines is 1. The van der Waals surface area contributed by atoms with Gasteiger partial charge in [-0.1, -0.05) is 0 Å². The van der Waals surface area contributed by atoms with Crippen LogP contribution < -0.4 is 5.32 Å². The predicted octanol–water partition coefficient (Wildman–Crippen LogP) is 3.05. The molecule has 2 atom stereocenters. The number of benzene rings is 1. The van der Waals surface area contributed by atoms with Crippen LogP contribution in [0.3, 0.4) is 0 Å². The first-order chi connectivity index (χ1) is 9.81. The first kappa shape index (κ1) is 15.7. The van der Waals surface area contributed by atoms with Gasteiger partial charge in [0.25, 0.3) is 0 Å². The van der Waals surface area contributed by atoms with Gasteiger partial charge in [0, 0.05) is 24.3 Å². The zero-order chi connectivity index (χ0) is 15.7. The van der Waals surface area contributed by atoms with E-state index in [9.17, 15) is 18.4 Å². The number of likely N-dealkylation sites (tertiary alicyclic amines) is 1. The summed E-state index contributed by atoms with van der Waals surface area (Å²) in [7, 11) is 0. The van der Waals surface area contributed by atoms with Crippen LogP contribution in [0.15, 0.2) is 16.6 Å². The molecule has 5 nitrogen and oxygen atoms in total. The molecule has 1 heterocycles. The van der Waals surface area contributed by atoms with E-state index in [0.29, 0.717) is 6.42 Å². The molecule has 1 fully saturated rings. The van der Waals surface area contributed by atoms with Crippen molar-refractivity contribution < 1.29 is 23.5 Å². The average Bonchev–Trinajstić information content (AvgIpc) is 2.77. The van der Waals surface area contributed by atoms with E-state index in [4.69, 9.17) is 5.11 Å². The largest absolute Gasteiger partial charge is 0.465 e. The maximum atomic E-state index is 13.3. The lowest BCUT2D eigenvalue weighted by atomic mass is 10.0. The third-order valence-electron chi connectivity index (χ3n) is 3.59. The van der Waals surface area contributed by atoms with E-state index >= 15 is 0 Å². The molecule has 1 aliphatic heterocycles. The molecule has 2 rings (SSSR count). The van der Waals surface area contributed by atoms with Crippen molar-refractivity contribution in [2.45, 2.75) is 19.4 Å². The molecule has 0 aliphatic carbocycles. The molecule has 0 radical (unpaired) electrons. The number of halogens is 3. The molecule has 2 N–H and O–H groups in total. The smallest absolute Gasteiger partial charge is 0.407 e. The van der Waals surface area contributed by atoms with Crippen molar-refractivity contribution in [1.29, 1.82) is 0 Å². The number of hydrogen-bond donors (Lipinski definition) is 2. The minimum Gasteiger partial charge on any atom is -0.465 e. The SMILES string of the molecule is C[C@H]1[C@@H](C(=O)Nc2cc(F)c(F)c(Br)c2)CCN1C(=O)O. The summed E-state index contributed by atoms with van der Waals surface area (Å²) in [5.74, 6) is -3.04. The van der Waals surface area contributed by atoms with Gasteiger partial charge in [-0.25, -0.2) is 13.6 Å². The summed E-state index contributed by atoms with van der Waals surface area (Å²) in [6.07, 6.45) is -0.683. The standard InChI is InChI=1S/C13H13BrF2N2O3/c1-6-8(2-3-18(6)13(20)21)12(19)17-7-4-9(14)11(16)10(15)5-7/h4-6,8H,2-3H2,1H3,(H,17,19)(H,20,21)/t6-,8-/m0/s1. The molecule has 2 amide bonds. The summed E-state index contributed by atoms with van der Waals surface area (Å²) in [6, 6.07) is 1.67. The van der Waals surface area contributed by atoms with Gasteiger partial charge in [-0.05, 0) is 35.3 Å². The first-order valence-corrected chi connectivity index (χ1v) is 7.05. The van der Waals surface area contributed by atoms with Crippen molar-refractivity contribution >= 4 is 33.6 Å². The fourth-order valence-electron chi connectivity index (χ4n) is 2.42. The molecule has 1 aliphatic rings. The molecule has 0 saturated carbocycles. The van der Waals surface area contributed by atoms with Gasteiger partial charge >= 0.3 is 6.09 Å². The van der Waals surface area contributed by atoms with Crippen LogP contribution in [-0.2, 0) is 4.79 Å². The molecular formula is C13H13BrF2N2O3. The molecule has 0 spiro atoms. The first-order valence-electron chi connectivity index (χ1n) is 6.26. The van der Waals surface area contributed by atoms with Gasteiger partial charge in [0.15, 0.2) is 11.6 Å². The molecule has 8 heteroatoms. The Morgan fingerprint density at radius 2 is 2.10 bits per heavy atom. The number of nitrogens with one attached hydrogen (secondary N) is 1. The Labute approximate surface area is 128 Å². The zero-order valence-electron chi connectivity index (χ0n) is 11.1. The van der Waals surface area contributed by atoms with Crippen LogP contribution in [-0.4, -0.2) is 34.6 Å². The quantitative estimate of drug-likeness (QED) is 0.794. The molecular weight excluding hydrogens is 350 g/mol. The van der Waals surface area contributed by atoms with Crippen LogP contribution in [0.25, 0.3) is 0 Å². The highest BCUT2D eigenvalue weighted by Gasteiger charge is 2.38. The van der Waals surface area contributed by atoms with Crippen molar-refractivity contribution in [2.24, 2.45) is 5.92 Å². The number of hydrogen-bond acceptors (Lipinski definition) is 2. The zero-order valence-corrected chi connectivity index (χ0v) is 12.7. The fourth-order valence-corrected chi connectivity index (χ4v) is 2.86. The third-order valence-corrected chi connectivity index (χ3v) is 4.17. The summed E-state index contributed by atoms with van der Waals surface area (Å²) < 4.78 is 26.3. The van der Waals surface area contributed by atoms with Crippen molar-refractivity contribution in [1.82, 2.24) is 4.90 Å². The maximum Gasteiger partial charge on any atom is 0.407 e. The molecule has 114 valence electrons. The van der Waals surface area contributed by atoms with E-state index in [2.05, 4.69) is 21.2 Å². The summed E-state index contributed by atoms with van der Waals surface area (Å²) in [5.41, 5.74) is 0.117. The highest BCUT2D eigenvalue weighted by atomic mass is 79.9. The number of carbonyl (C=O) groups is 2. The van der Waals surface area contributed by atoms with Crippen molar-refractivity contribution in [3.05, 3.63) is 28.2 Å². The van der Waals surface area contributed by atoms with Crippen LogP contribution in [0.5, 0.6) is 0 Å². The second-order valence-electron chi connectivity index (χ2n) is 4.85. The minimum absolute atomic E-state index is 0.0931. The van der Waals surface area contributed by atoms with Gasteiger partial charge in [-0.15, -0.1) is 0 Å². The lowest BCUT2D eigenvalue weighted by molar-refractivity contribution is -0.120. The molecule has 0 bridgehead atoms. The molecule has 1 saturated heterocycles. The second-order valence-corrected chi connectivity index (χ2v) is 5.71.